The van der Waals surface area contributed by atoms with Gasteiger partial charge in [0.1, 0.15) is 0 Å². The Morgan fingerprint density at radius 3 is 0.614 bits per heavy atom. The molecule has 81 heteroatoms. The molecule has 9 nitrogen and oxygen atoms in total. The molecule has 0 aliphatic heterocycles. The number of halogens is 72. The molecule has 1 atom stereocenters. The van der Waals surface area contributed by atoms with E-state index in [4.69, 9.17) is 5.11 Å². The van der Waals surface area contributed by atoms with Crippen molar-refractivity contribution < 1.29 is 345 Å². The summed E-state index contributed by atoms with van der Waals surface area (Å²) in [5, 5.41) is 18.5. The highest BCUT2D eigenvalue weighted by Crippen LogP contribution is 2.74. The average Bonchev–Trinajstić information content (AvgIpc) is 0.685. The Labute approximate surface area is 671 Å². The highest BCUT2D eigenvalue weighted by molar-refractivity contribution is 5.67. The summed E-state index contributed by atoms with van der Waals surface area (Å²) < 4.78 is 1040. The summed E-state index contributed by atoms with van der Waals surface area (Å²) in [6, 6.07) is 0. The lowest BCUT2D eigenvalue weighted by atomic mass is 9.75. The van der Waals surface area contributed by atoms with Crippen molar-refractivity contribution in [1.29, 1.82) is 0 Å². The van der Waals surface area contributed by atoms with Gasteiger partial charge in [-0.1, -0.05) is 6.42 Å². The first kappa shape index (κ1) is 125. The van der Waals surface area contributed by atoms with Crippen LogP contribution in [-0.2, 0) is 4.74 Å². The van der Waals surface area contributed by atoms with Crippen LogP contribution in [0, 0.1) is 5.92 Å². The molecule has 1 unspecified atom stereocenters. The highest BCUT2D eigenvalue weighted by Gasteiger charge is 3.04. The maximum atomic E-state index is 16.1. The van der Waals surface area contributed by atoms with Gasteiger partial charge in [-0.05, 0) is 31.6 Å². The highest BCUT2D eigenvalue weighted by atomic mass is 19.5. The lowest BCUT2D eigenvalue weighted by Gasteiger charge is -2.47. The third-order valence-corrected chi connectivity index (χ3v) is 17.7. The van der Waals surface area contributed by atoms with Crippen molar-refractivity contribution in [3.63, 3.8) is 0 Å². The smallest absolute Gasteiger partial charge is 0.407 e. The minimum atomic E-state index is -10.7. The number of rotatable bonds is 50. The van der Waals surface area contributed by atoms with E-state index in [0.29, 0.717) is 0 Å². The van der Waals surface area contributed by atoms with E-state index in [2.05, 4.69) is 4.74 Å². The van der Waals surface area contributed by atoms with Gasteiger partial charge in [0.2, 0.25) is 0 Å². The summed E-state index contributed by atoms with van der Waals surface area (Å²) >= 11 is 0. The van der Waals surface area contributed by atoms with Crippen LogP contribution in [0.25, 0.3) is 0 Å². The van der Waals surface area contributed by atoms with Gasteiger partial charge in [-0.15, -0.1) is 0 Å². The van der Waals surface area contributed by atoms with Crippen molar-refractivity contribution >= 4 is 18.3 Å². The number of alkyl carbamates (subject to hydrolysis) is 1. The van der Waals surface area contributed by atoms with Gasteiger partial charge < -0.3 is 30.9 Å². The summed E-state index contributed by atoms with van der Waals surface area (Å²) in [4.78, 5) is 35.2. The van der Waals surface area contributed by atoms with Crippen molar-refractivity contribution in [2.45, 2.75) is 265 Å². The Hall–Kier alpha value is -7.23. The normalized spacial score (nSPS) is 16.7. The quantitative estimate of drug-likeness (QED) is 0.0304. The monoisotopic (exact) mass is 2150 g/mol. The molecule has 0 aliphatic rings. The molecule has 0 bridgehead atoms. The third kappa shape index (κ3) is 17.5. The topological polar surface area (TPSA) is 137 Å². The number of amides is 3. The number of alkyl halides is 72. The molecule has 132 heavy (non-hydrogen) atoms. The molecule has 0 saturated heterocycles. The van der Waals surface area contributed by atoms with E-state index in [1.165, 1.54) is 0 Å². The van der Waals surface area contributed by atoms with Gasteiger partial charge in [-0.3, -0.25) is 0 Å². The van der Waals surface area contributed by atoms with Gasteiger partial charge in [0.15, 0.2) is 6.61 Å². The van der Waals surface area contributed by atoms with Crippen molar-refractivity contribution in [2.24, 2.45) is 5.92 Å². The van der Waals surface area contributed by atoms with Gasteiger partial charge in [-0.25, -0.2) is 40.7 Å². The van der Waals surface area contributed by atoms with Gasteiger partial charge in [0.05, 0.1) is 5.54 Å². The minimum Gasteiger partial charge on any atom is -0.465 e. The van der Waals surface area contributed by atoms with Crippen molar-refractivity contribution in [2.75, 3.05) is 19.7 Å². The molecule has 0 aliphatic carbocycles. The molecule has 788 valence electrons. The number of carboxylic acid groups (broad SMARTS) is 2. The second kappa shape index (κ2) is 34.7. The molecule has 0 aromatic carbocycles. The van der Waals surface area contributed by atoms with Crippen LogP contribution in [0.15, 0.2) is 0 Å². The maximum absolute atomic E-state index is 16.1. The predicted octanol–water partition coefficient (Wildman–Crippen LogP) is 25.1. The zero-order chi connectivity index (χ0) is 108. The Bertz CT molecular complexity index is 3830. The van der Waals surface area contributed by atoms with Crippen LogP contribution < -0.4 is 16.0 Å². The van der Waals surface area contributed by atoms with E-state index in [1.807, 2.05) is 0 Å². The number of hydrogen-bond donors (Lipinski definition) is 5. The van der Waals surface area contributed by atoms with E-state index >= 15 is 70.2 Å². The van der Waals surface area contributed by atoms with E-state index in [-0.39, 0.29) is 5.32 Å². The molecule has 0 rings (SSSR count). The van der Waals surface area contributed by atoms with E-state index in [9.17, 15) is 265 Å². The van der Waals surface area contributed by atoms with Crippen LogP contribution in [0.3, 0.4) is 0 Å². The molecule has 0 heterocycles. The van der Waals surface area contributed by atoms with Crippen molar-refractivity contribution in [3.8, 4) is 0 Å². The summed E-state index contributed by atoms with van der Waals surface area (Å²) in [6.07, 6.45) is -55.3. The summed E-state index contributed by atoms with van der Waals surface area (Å²) in [5.74, 6) is -330. The van der Waals surface area contributed by atoms with Crippen LogP contribution >= 0.6 is 0 Å². The first-order valence-corrected chi connectivity index (χ1v) is 30.8. The largest absolute Gasteiger partial charge is 0.465 e. The maximum Gasteiger partial charge on any atom is 0.407 e. The molecular weight excluding hydrogens is 2120 g/mol. The van der Waals surface area contributed by atoms with Gasteiger partial charge >= 0.3 is 233 Å². The lowest BCUT2D eigenvalue weighted by Crippen LogP contribution is -2.78. The number of nitrogens with one attached hydrogen (secondary N) is 3. The summed E-state index contributed by atoms with van der Waals surface area (Å²) in [6.45, 7) is -9.10. The number of carbonyl (C=O) groups is 3. The minimum absolute atomic E-state index is 0.239. The molecule has 0 aromatic heterocycles. The summed E-state index contributed by atoms with van der Waals surface area (Å²) in [5.41, 5.74) is -6.91. The fourth-order valence-electron chi connectivity index (χ4n) is 9.67. The zero-order valence-electron chi connectivity index (χ0n) is 59.1. The fourth-order valence-corrected chi connectivity index (χ4v) is 9.67. The van der Waals surface area contributed by atoms with Gasteiger partial charge in [0, 0.05) is 25.9 Å². The molecule has 3 amide bonds. The van der Waals surface area contributed by atoms with Gasteiger partial charge in [-0.2, -0.15) is 290 Å². The lowest BCUT2D eigenvalue weighted by molar-refractivity contribution is -0.477. The Kier molecular flexibility index (Phi) is 32.8. The van der Waals surface area contributed by atoms with Crippen molar-refractivity contribution in [3.05, 3.63) is 0 Å². The second-order valence-electron chi connectivity index (χ2n) is 26.5. The zero-order valence-corrected chi connectivity index (χ0v) is 59.1. The number of carbonyl (C=O) groups excluding carboxylic acids is 1. The first-order valence-electron chi connectivity index (χ1n) is 30.8. The molecule has 0 fully saturated rings. The Morgan fingerprint density at radius 1 is 0.235 bits per heavy atom. The SMILES string of the molecule is O=C(O)NCCCCC(CCC(CC(F)(F)C(F)(F)C(F)(F)C(F)(F)C(F)(F)C(F)(F)C(F)(F)C(F)(F)C(F)(F)C(F)(F)C(F)(F)C(F)F)(CC(F)(F)C(F)(F)C(F)(F)C(F)(F)C(F)(F)C(F)(F)C(F)(F)C(F)(F)C(F)(F)C(F)(F)C(F)(F)C(F)F)NC(=O)O)CNC(=O)OCC(F)(F)C(F)(F)C(F)(F)C(F)(F)C(F)(F)C(F)(F)C(F)(F)C(F)(F)C(F)(F)C(F)(F)C(F)(F)C(F)F. The number of hydrogen-bond acceptors (Lipinski definition) is 4. The van der Waals surface area contributed by atoms with Crippen LogP contribution in [0.2, 0.25) is 0 Å². The molecule has 0 radical (unpaired) electrons. The van der Waals surface area contributed by atoms with Gasteiger partial charge in [0.25, 0.3) is 0 Å². The van der Waals surface area contributed by atoms with Crippen LogP contribution in [0.1, 0.15) is 44.9 Å². The molecule has 0 aromatic rings. The molecule has 0 saturated carbocycles. The Morgan fingerprint density at radius 2 is 0.424 bits per heavy atom. The number of ether oxygens (including phenoxy) is 1. The average molecular weight is 2150 g/mol. The Balaban J connectivity index is 9.48. The van der Waals surface area contributed by atoms with Crippen LogP contribution in [0.4, 0.5) is 330 Å². The molecular formula is C51H29F72N3O6. The van der Waals surface area contributed by atoms with E-state index in [0.717, 1.165) is 5.32 Å². The first-order chi connectivity index (χ1) is 56.5. The number of unbranched alkanes of at least 4 members (excludes halogenated alkanes) is 1. The molecule has 0 spiro atoms. The van der Waals surface area contributed by atoms with Crippen LogP contribution in [-0.4, -0.2) is 268 Å². The second-order valence-corrected chi connectivity index (χ2v) is 26.5. The fraction of sp³-hybridized carbons (Fsp3) is 0.941. The summed E-state index contributed by atoms with van der Waals surface area (Å²) in [7, 11) is 0. The van der Waals surface area contributed by atoms with E-state index < -0.39 is 314 Å². The standard InChI is InChI=1S/C51H29F72N3O6/c52-12(53)22(64,65)28(76,77)34(88,89)40(100,101)46(112,113)49(118,119)43(106,107)37(94,95)31(82,83)25(70,71)19(58,59)8-18(126-16(129)130,9-20(60,61)26(72,73)32(84,85)38(96,97)44(108,109)50(120,121)47(114,115)41(102,103)35(90,91)29(78,79)23(66,67)13(54)55)5-4-11(3-1-2-6-124-15(127)128)7-125-17(131)132-10-21(62,63)27(74,75)33(86,87)39(98,99)45(110,111)51(122,123)48(116,117)42(104,105)36(92,93)30(80,81)24(68,69)14(56)57/h11-14,124,126H,1-10H2,(H,125,131)(H,127,128)(H,129,130). The van der Waals surface area contributed by atoms with E-state index in [1.54, 1.807) is 0 Å². The van der Waals surface area contributed by atoms with Crippen molar-refractivity contribution in [1.82, 2.24) is 16.0 Å². The third-order valence-electron chi connectivity index (χ3n) is 17.7. The van der Waals surface area contributed by atoms with Crippen LogP contribution in [0.5, 0.6) is 0 Å². The predicted molar refractivity (Wildman–Crippen MR) is 266 cm³/mol. The molecule has 5 N–H and O–H groups in total.